The summed E-state index contributed by atoms with van der Waals surface area (Å²) < 4.78 is 1.35. The number of amides is 1. The second kappa shape index (κ2) is 7.86. The predicted octanol–water partition coefficient (Wildman–Crippen LogP) is 1.24. The van der Waals surface area contributed by atoms with Gasteiger partial charge in [-0.25, -0.2) is 4.79 Å². The number of carboxylic acids is 1. The van der Waals surface area contributed by atoms with E-state index in [2.05, 4.69) is 10.4 Å². The van der Waals surface area contributed by atoms with Crippen LogP contribution in [0.4, 0.5) is 5.69 Å². The van der Waals surface area contributed by atoms with Crippen LogP contribution in [0, 0.1) is 10.1 Å². The maximum Gasteiger partial charge on any atom is 0.335 e. The second-order valence-corrected chi connectivity index (χ2v) is 5.07. The maximum atomic E-state index is 11.7. The quantitative estimate of drug-likeness (QED) is 0.553. The van der Waals surface area contributed by atoms with Crippen molar-refractivity contribution in [2.75, 3.05) is 6.54 Å². The first-order chi connectivity index (χ1) is 11.5. The summed E-state index contributed by atoms with van der Waals surface area (Å²) in [7, 11) is 0. The standard InChI is InChI=1S/C15H16N4O5/c20-14(6-8-18-10-13(9-17-18)19(23)24)16-7-5-11-1-3-12(4-2-11)15(21)22/h1-4,9-10H,5-8H2,(H,16,20)(H,21,22). The number of hydrogen-bond acceptors (Lipinski definition) is 5. The van der Waals surface area contributed by atoms with Gasteiger partial charge in [-0.05, 0) is 24.1 Å². The van der Waals surface area contributed by atoms with E-state index in [4.69, 9.17) is 5.11 Å². The topological polar surface area (TPSA) is 127 Å². The van der Waals surface area contributed by atoms with E-state index < -0.39 is 10.9 Å². The molecule has 0 aliphatic rings. The molecule has 1 heterocycles. The number of benzene rings is 1. The van der Waals surface area contributed by atoms with Crippen molar-refractivity contribution in [1.29, 1.82) is 0 Å². The van der Waals surface area contributed by atoms with E-state index in [0.717, 1.165) is 11.8 Å². The molecule has 2 rings (SSSR count). The van der Waals surface area contributed by atoms with Gasteiger partial charge in [-0.15, -0.1) is 0 Å². The van der Waals surface area contributed by atoms with Gasteiger partial charge in [0.2, 0.25) is 5.91 Å². The van der Waals surface area contributed by atoms with Gasteiger partial charge in [-0.3, -0.25) is 19.6 Å². The van der Waals surface area contributed by atoms with Gasteiger partial charge in [0.1, 0.15) is 12.4 Å². The monoisotopic (exact) mass is 332 g/mol. The van der Waals surface area contributed by atoms with Crippen LogP contribution >= 0.6 is 0 Å². The van der Waals surface area contributed by atoms with Crippen LogP contribution in [0.25, 0.3) is 0 Å². The van der Waals surface area contributed by atoms with E-state index in [1.807, 2.05) is 0 Å². The van der Waals surface area contributed by atoms with Crippen molar-refractivity contribution in [3.05, 3.63) is 57.9 Å². The summed E-state index contributed by atoms with van der Waals surface area (Å²) in [6, 6.07) is 6.45. The number of nitrogens with one attached hydrogen (secondary N) is 1. The SMILES string of the molecule is O=C(CCn1cc([N+](=O)[O-])cn1)NCCc1ccc(C(=O)O)cc1. The van der Waals surface area contributed by atoms with E-state index in [1.165, 1.54) is 23.0 Å². The van der Waals surface area contributed by atoms with Gasteiger partial charge in [0, 0.05) is 19.5 Å². The summed E-state index contributed by atoms with van der Waals surface area (Å²) in [5.41, 5.74) is 1.03. The molecular formula is C15H16N4O5. The van der Waals surface area contributed by atoms with Crippen molar-refractivity contribution in [1.82, 2.24) is 15.1 Å². The Kier molecular flexibility index (Phi) is 5.61. The van der Waals surface area contributed by atoms with Crippen LogP contribution in [0.5, 0.6) is 0 Å². The minimum atomic E-state index is -0.978. The number of rotatable bonds is 8. The molecular weight excluding hydrogens is 316 g/mol. The van der Waals surface area contributed by atoms with Gasteiger partial charge < -0.3 is 10.4 Å². The number of aromatic nitrogens is 2. The van der Waals surface area contributed by atoms with Crippen molar-refractivity contribution in [2.45, 2.75) is 19.4 Å². The fraction of sp³-hybridized carbons (Fsp3) is 0.267. The number of aromatic carboxylic acids is 1. The molecule has 0 fully saturated rings. The van der Waals surface area contributed by atoms with E-state index >= 15 is 0 Å². The van der Waals surface area contributed by atoms with E-state index in [-0.39, 0.29) is 30.1 Å². The summed E-state index contributed by atoms with van der Waals surface area (Å²) in [5.74, 6) is -1.16. The molecule has 0 unspecified atom stereocenters. The number of carbonyl (C=O) groups is 2. The number of carboxylic acid groups (broad SMARTS) is 1. The van der Waals surface area contributed by atoms with Crippen molar-refractivity contribution in [3.63, 3.8) is 0 Å². The third kappa shape index (κ3) is 4.90. The zero-order valence-corrected chi connectivity index (χ0v) is 12.7. The molecule has 0 aliphatic carbocycles. The molecule has 0 atom stereocenters. The minimum Gasteiger partial charge on any atom is -0.478 e. The molecule has 126 valence electrons. The molecule has 9 heteroatoms. The van der Waals surface area contributed by atoms with Crippen molar-refractivity contribution < 1.29 is 19.6 Å². The van der Waals surface area contributed by atoms with E-state index in [9.17, 15) is 19.7 Å². The van der Waals surface area contributed by atoms with Crippen LogP contribution in [-0.4, -0.2) is 38.2 Å². The third-order valence-corrected chi connectivity index (χ3v) is 3.34. The Morgan fingerprint density at radius 1 is 1.29 bits per heavy atom. The number of carbonyl (C=O) groups excluding carboxylic acids is 1. The number of aryl methyl sites for hydroxylation is 1. The average molecular weight is 332 g/mol. The van der Waals surface area contributed by atoms with Crippen LogP contribution < -0.4 is 5.32 Å². The largest absolute Gasteiger partial charge is 0.478 e. The lowest BCUT2D eigenvalue weighted by Crippen LogP contribution is -2.26. The van der Waals surface area contributed by atoms with Gasteiger partial charge in [0.25, 0.3) is 0 Å². The van der Waals surface area contributed by atoms with Gasteiger partial charge in [-0.1, -0.05) is 12.1 Å². The highest BCUT2D eigenvalue weighted by Gasteiger charge is 2.09. The van der Waals surface area contributed by atoms with Crippen LogP contribution in [0.1, 0.15) is 22.3 Å². The van der Waals surface area contributed by atoms with E-state index in [1.54, 1.807) is 12.1 Å². The highest BCUT2D eigenvalue weighted by Crippen LogP contribution is 2.08. The first-order valence-electron chi connectivity index (χ1n) is 7.21. The molecule has 2 aromatic rings. The number of hydrogen-bond donors (Lipinski definition) is 2. The molecule has 1 aromatic carbocycles. The summed E-state index contributed by atoms with van der Waals surface area (Å²) in [5, 5.41) is 25.9. The van der Waals surface area contributed by atoms with Gasteiger partial charge in [0.15, 0.2) is 0 Å². The lowest BCUT2D eigenvalue weighted by molar-refractivity contribution is -0.385. The molecule has 9 nitrogen and oxygen atoms in total. The first kappa shape index (κ1) is 17.1. The number of nitro groups is 1. The Morgan fingerprint density at radius 2 is 2.00 bits per heavy atom. The minimum absolute atomic E-state index is 0.111. The van der Waals surface area contributed by atoms with Crippen LogP contribution in [0.3, 0.4) is 0 Å². The molecule has 0 spiro atoms. The lowest BCUT2D eigenvalue weighted by Gasteiger charge is -2.06. The van der Waals surface area contributed by atoms with Gasteiger partial charge >= 0.3 is 11.7 Å². The molecule has 0 saturated heterocycles. The summed E-state index contributed by atoms with van der Waals surface area (Å²) in [6.07, 6.45) is 3.16. The second-order valence-electron chi connectivity index (χ2n) is 5.07. The smallest absolute Gasteiger partial charge is 0.335 e. The molecule has 0 aliphatic heterocycles. The summed E-state index contributed by atoms with van der Waals surface area (Å²) in [6.45, 7) is 0.678. The van der Waals surface area contributed by atoms with Gasteiger partial charge in [-0.2, -0.15) is 5.10 Å². The molecule has 1 amide bonds. The van der Waals surface area contributed by atoms with Crippen molar-refractivity contribution in [2.24, 2.45) is 0 Å². The fourth-order valence-electron chi connectivity index (χ4n) is 2.03. The Morgan fingerprint density at radius 3 is 2.58 bits per heavy atom. The summed E-state index contributed by atoms with van der Waals surface area (Å²) >= 11 is 0. The van der Waals surface area contributed by atoms with Gasteiger partial charge in [0.05, 0.1) is 10.5 Å². The molecule has 1 aromatic heterocycles. The first-order valence-corrected chi connectivity index (χ1v) is 7.21. The third-order valence-electron chi connectivity index (χ3n) is 3.34. The molecule has 0 radical (unpaired) electrons. The average Bonchev–Trinajstić information content (AvgIpc) is 3.03. The molecule has 0 saturated carbocycles. The number of nitrogens with zero attached hydrogens (tertiary/aromatic N) is 3. The molecule has 2 N–H and O–H groups in total. The van der Waals surface area contributed by atoms with Crippen molar-refractivity contribution in [3.8, 4) is 0 Å². The van der Waals surface area contributed by atoms with Crippen molar-refractivity contribution >= 4 is 17.6 Å². The Bertz CT molecular complexity index is 739. The highest BCUT2D eigenvalue weighted by molar-refractivity contribution is 5.87. The van der Waals surface area contributed by atoms with Crippen LogP contribution in [0.2, 0.25) is 0 Å². The Labute approximate surface area is 137 Å². The van der Waals surface area contributed by atoms with Crippen LogP contribution in [0.15, 0.2) is 36.7 Å². The molecule has 24 heavy (non-hydrogen) atoms. The lowest BCUT2D eigenvalue weighted by atomic mass is 10.1. The Hall–Kier alpha value is -3.23. The zero-order valence-electron chi connectivity index (χ0n) is 12.7. The maximum absolute atomic E-state index is 11.7. The fourth-order valence-corrected chi connectivity index (χ4v) is 2.03. The Balaban J connectivity index is 1.70. The predicted molar refractivity (Wildman–Crippen MR) is 83.6 cm³/mol. The van der Waals surface area contributed by atoms with E-state index in [0.29, 0.717) is 13.0 Å². The highest BCUT2D eigenvalue weighted by atomic mass is 16.6. The van der Waals surface area contributed by atoms with Crippen LogP contribution in [-0.2, 0) is 17.8 Å². The summed E-state index contributed by atoms with van der Waals surface area (Å²) in [4.78, 5) is 32.5. The zero-order chi connectivity index (χ0) is 17.5. The normalized spacial score (nSPS) is 10.3. The molecule has 0 bridgehead atoms.